The Bertz CT molecular complexity index is 434. The number of rotatable bonds is 7. The molecule has 1 aromatic carbocycles. The SMILES string of the molecule is C.CCCCCC(CC)(CC)P(=O)(O)O.Sc1ccc(Cl)cc1. The zero-order chi connectivity index (χ0) is 17.2. The maximum absolute atomic E-state index is 11.4. The highest BCUT2D eigenvalue weighted by Gasteiger charge is 2.42. The number of benzene rings is 1. The summed E-state index contributed by atoms with van der Waals surface area (Å²) in [5, 5.41) is -0.00914. The molecule has 0 radical (unpaired) electrons. The van der Waals surface area contributed by atoms with E-state index in [0.29, 0.717) is 19.3 Å². The molecule has 0 bridgehead atoms. The Morgan fingerprint density at radius 2 is 1.57 bits per heavy atom. The van der Waals surface area contributed by atoms with Gasteiger partial charge in [0.05, 0.1) is 5.16 Å². The maximum atomic E-state index is 11.4. The van der Waals surface area contributed by atoms with E-state index >= 15 is 0 Å². The van der Waals surface area contributed by atoms with E-state index in [-0.39, 0.29) is 7.43 Å². The Labute approximate surface area is 152 Å². The summed E-state index contributed by atoms with van der Waals surface area (Å²) < 4.78 is 11.4. The van der Waals surface area contributed by atoms with Crippen molar-refractivity contribution in [3.63, 3.8) is 0 Å². The third-order valence-corrected chi connectivity index (χ3v) is 6.65. The largest absolute Gasteiger partial charge is 0.331 e. The van der Waals surface area contributed by atoms with E-state index in [1.807, 2.05) is 38.1 Å². The second-order valence-corrected chi connectivity index (χ2v) is 8.40. The van der Waals surface area contributed by atoms with Crippen LogP contribution in [0.1, 0.15) is 66.7 Å². The molecule has 0 saturated carbocycles. The number of hydrogen-bond donors (Lipinski definition) is 3. The summed E-state index contributed by atoms with van der Waals surface area (Å²) in [6.07, 6.45) is 4.85. The summed E-state index contributed by atoms with van der Waals surface area (Å²) >= 11 is 9.65. The van der Waals surface area contributed by atoms with Crippen molar-refractivity contribution < 1.29 is 14.4 Å². The van der Waals surface area contributed by atoms with Gasteiger partial charge in [-0.2, -0.15) is 0 Å². The van der Waals surface area contributed by atoms with Crippen LogP contribution in [0.5, 0.6) is 0 Å². The fourth-order valence-corrected chi connectivity index (χ4v) is 3.85. The average molecular weight is 383 g/mol. The van der Waals surface area contributed by atoms with Gasteiger partial charge >= 0.3 is 7.60 Å². The highest BCUT2D eigenvalue weighted by Crippen LogP contribution is 2.57. The van der Waals surface area contributed by atoms with Crippen molar-refractivity contribution >= 4 is 31.8 Å². The topological polar surface area (TPSA) is 57.5 Å². The van der Waals surface area contributed by atoms with Gasteiger partial charge in [0.15, 0.2) is 0 Å². The van der Waals surface area contributed by atoms with Gasteiger partial charge in [0.2, 0.25) is 0 Å². The van der Waals surface area contributed by atoms with Crippen LogP contribution in [0.25, 0.3) is 0 Å². The fraction of sp³-hybridized carbons (Fsp3) is 0.647. The monoisotopic (exact) mass is 382 g/mol. The van der Waals surface area contributed by atoms with Crippen molar-refractivity contribution in [2.75, 3.05) is 0 Å². The van der Waals surface area contributed by atoms with E-state index in [1.54, 1.807) is 0 Å². The van der Waals surface area contributed by atoms with Crippen LogP contribution in [-0.4, -0.2) is 14.9 Å². The van der Waals surface area contributed by atoms with E-state index in [4.69, 9.17) is 11.6 Å². The van der Waals surface area contributed by atoms with E-state index in [2.05, 4.69) is 19.6 Å². The molecule has 0 aliphatic heterocycles. The summed E-state index contributed by atoms with van der Waals surface area (Å²) in [5.41, 5.74) is 0. The highest BCUT2D eigenvalue weighted by molar-refractivity contribution is 7.80. The van der Waals surface area contributed by atoms with E-state index in [1.165, 1.54) is 0 Å². The van der Waals surface area contributed by atoms with E-state index in [9.17, 15) is 14.4 Å². The number of thiol groups is 1. The lowest BCUT2D eigenvalue weighted by Crippen LogP contribution is -2.27. The molecule has 1 rings (SSSR count). The van der Waals surface area contributed by atoms with Gasteiger partial charge in [-0.25, -0.2) is 0 Å². The predicted molar refractivity (Wildman–Crippen MR) is 105 cm³/mol. The first-order chi connectivity index (χ1) is 10.2. The second kappa shape index (κ2) is 12.4. The van der Waals surface area contributed by atoms with Crippen LogP contribution in [-0.2, 0) is 4.57 Å². The molecule has 0 heterocycles. The van der Waals surface area contributed by atoms with Gasteiger partial charge in [-0.15, -0.1) is 12.6 Å². The van der Waals surface area contributed by atoms with Crippen LogP contribution < -0.4 is 0 Å². The van der Waals surface area contributed by atoms with Crippen LogP contribution >= 0.6 is 31.8 Å². The molecule has 0 aliphatic carbocycles. The van der Waals surface area contributed by atoms with Crippen LogP contribution in [0.3, 0.4) is 0 Å². The molecule has 0 amide bonds. The number of halogens is 1. The minimum atomic E-state index is -3.95. The average Bonchev–Trinajstić information content (AvgIpc) is 2.46. The Kier molecular flexibility index (Phi) is 13.6. The smallest absolute Gasteiger partial charge is 0.324 e. The molecule has 3 nitrogen and oxygen atoms in total. The Morgan fingerprint density at radius 3 is 1.87 bits per heavy atom. The van der Waals surface area contributed by atoms with Crippen LogP contribution in [0.4, 0.5) is 0 Å². The summed E-state index contributed by atoms with van der Waals surface area (Å²) in [7, 11) is -3.95. The molecule has 0 fully saturated rings. The standard InChI is InChI=1S/C10H23O3P.C6H5ClS.CH4/c1-4-7-8-9-10(5-2,6-3)14(11,12)13;7-5-1-3-6(8)4-2-5;/h4-9H2,1-3H3,(H2,11,12,13);1-4,8H;1H4. The number of hydrogen-bond acceptors (Lipinski definition) is 2. The molecular weight excluding hydrogens is 351 g/mol. The van der Waals surface area contributed by atoms with Crippen molar-refractivity contribution in [2.24, 2.45) is 0 Å². The first kappa shape index (κ1) is 25.3. The van der Waals surface area contributed by atoms with Gasteiger partial charge in [-0.3, -0.25) is 4.57 Å². The molecule has 6 heteroatoms. The molecule has 23 heavy (non-hydrogen) atoms. The minimum absolute atomic E-state index is 0. The molecule has 0 aliphatic rings. The van der Waals surface area contributed by atoms with Crippen LogP contribution in [0.15, 0.2) is 29.2 Å². The lowest BCUT2D eigenvalue weighted by Gasteiger charge is -2.32. The summed E-state index contributed by atoms with van der Waals surface area (Å²) in [6.45, 7) is 5.83. The molecule has 0 atom stereocenters. The lowest BCUT2D eigenvalue weighted by atomic mass is 9.95. The summed E-state index contributed by atoms with van der Waals surface area (Å²) in [4.78, 5) is 19.6. The van der Waals surface area contributed by atoms with Gasteiger partial charge < -0.3 is 9.79 Å². The molecule has 0 spiro atoms. The van der Waals surface area contributed by atoms with Crippen molar-refractivity contribution in [2.45, 2.75) is 76.8 Å². The Morgan fingerprint density at radius 1 is 1.09 bits per heavy atom. The molecule has 1 aromatic rings. The predicted octanol–water partition coefficient (Wildman–Crippen LogP) is 6.57. The molecular formula is C17H32ClO3PS. The Hall–Kier alpha value is 0.01000. The quantitative estimate of drug-likeness (QED) is 0.284. The first-order valence-corrected chi connectivity index (χ1v) is 10.2. The molecule has 136 valence electrons. The molecule has 0 unspecified atom stereocenters. The van der Waals surface area contributed by atoms with E-state index in [0.717, 1.165) is 29.2 Å². The van der Waals surface area contributed by atoms with Crippen molar-refractivity contribution in [3.05, 3.63) is 29.3 Å². The van der Waals surface area contributed by atoms with Gasteiger partial charge in [-0.1, -0.05) is 59.1 Å². The van der Waals surface area contributed by atoms with Crippen LogP contribution in [0.2, 0.25) is 5.02 Å². The Balaban J connectivity index is 0. The highest BCUT2D eigenvalue weighted by atomic mass is 35.5. The van der Waals surface area contributed by atoms with Gasteiger partial charge in [0.1, 0.15) is 0 Å². The van der Waals surface area contributed by atoms with Gasteiger partial charge in [0, 0.05) is 9.92 Å². The van der Waals surface area contributed by atoms with E-state index < -0.39 is 12.8 Å². The summed E-state index contributed by atoms with van der Waals surface area (Å²) in [6, 6.07) is 7.32. The third kappa shape index (κ3) is 9.16. The second-order valence-electron chi connectivity index (χ2n) is 5.41. The van der Waals surface area contributed by atoms with Crippen molar-refractivity contribution in [3.8, 4) is 0 Å². The van der Waals surface area contributed by atoms with Crippen molar-refractivity contribution in [1.29, 1.82) is 0 Å². The molecule has 0 aromatic heterocycles. The number of unbranched alkanes of at least 4 members (excludes halogenated alkanes) is 2. The summed E-state index contributed by atoms with van der Waals surface area (Å²) in [5.74, 6) is 0. The fourth-order valence-electron chi connectivity index (χ4n) is 2.31. The normalized spacial score (nSPS) is 11.3. The zero-order valence-corrected chi connectivity index (χ0v) is 16.2. The van der Waals surface area contributed by atoms with Crippen LogP contribution in [0, 0.1) is 0 Å². The molecule has 2 N–H and O–H groups in total. The minimum Gasteiger partial charge on any atom is -0.324 e. The maximum Gasteiger partial charge on any atom is 0.331 e. The van der Waals surface area contributed by atoms with Gasteiger partial charge in [0.25, 0.3) is 0 Å². The van der Waals surface area contributed by atoms with Gasteiger partial charge in [-0.05, 0) is 43.5 Å². The third-order valence-electron chi connectivity index (χ3n) is 4.01. The first-order valence-electron chi connectivity index (χ1n) is 7.72. The van der Waals surface area contributed by atoms with Crippen molar-refractivity contribution in [1.82, 2.24) is 0 Å². The molecule has 0 saturated heterocycles. The lowest BCUT2D eigenvalue weighted by molar-refractivity contribution is 0.300. The zero-order valence-electron chi connectivity index (χ0n) is 13.6.